The lowest BCUT2D eigenvalue weighted by Gasteiger charge is -2.01. The molecule has 154 valence electrons. The summed E-state index contributed by atoms with van der Waals surface area (Å²) >= 11 is 0. The van der Waals surface area contributed by atoms with E-state index in [1.54, 1.807) is 0 Å². The zero-order valence-electron chi connectivity index (χ0n) is 17.7. The highest BCUT2D eigenvalue weighted by molar-refractivity contribution is 5.66. The highest BCUT2D eigenvalue weighted by atomic mass is 16.4. The van der Waals surface area contributed by atoms with Crippen LogP contribution in [0.4, 0.5) is 0 Å². The van der Waals surface area contributed by atoms with E-state index in [-0.39, 0.29) is 0 Å². The molecule has 0 aliphatic heterocycles. The van der Waals surface area contributed by atoms with E-state index >= 15 is 0 Å². The van der Waals surface area contributed by atoms with Crippen LogP contribution in [-0.2, 0) is 4.79 Å². The molecule has 26 heavy (non-hydrogen) atoms. The first kappa shape index (κ1) is 27.2. The van der Waals surface area contributed by atoms with Gasteiger partial charge in [0.1, 0.15) is 0 Å². The third kappa shape index (κ3) is 27.8. The monoisotopic (exact) mass is 366 g/mol. The molecule has 0 saturated carbocycles. The number of hydrogen-bond donors (Lipinski definition) is 1. The summed E-state index contributed by atoms with van der Waals surface area (Å²) in [6.07, 6.45) is 27.1. The lowest BCUT2D eigenvalue weighted by Crippen LogP contribution is -1.93. The zero-order chi connectivity index (χ0) is 19.7. The number of rotatable bonds is 19. The minimum absolute atomic E-state index is 0.340. The van der Waals surface area contributed by atoms with Gasteiger partial charge in [0.2, 0.25) is 0 Å². The quantitative estimate of drug-likeness (QED) is 0.184. The van der Waals surface area contributed by atoms with Crippen LogP contribution in [0.25, 0.3) is 0 Å². The Labute approximate surface area is 164 Å². The van der Waals surface area contributed by atoms with Crippen molar-refractivity contribution in [2.75, 3.05) is 0 Å². The van der Waals surface area contributed by atoms with Crippen molar-refractivity contribution in [3.8, 4) is 0 Å². The van der Waals surface area contributed by atoms with Crippen molar-refractivity contribution in [3.63, 3.8) is 0 Å². The van der Waals surface area contributed by atoms with Gasteiger partial charge in [-0.25, -0.2) is 0 Å². The van der Waals surface area contributed by atoms with E-state index in [4.69, 9.17) is 5.11 Å². The van der Waals surface area contributed by atoms with E-state index in [9.17, 15) is 4.79 Å². The predicted octanol–water partition coefficient (Wildman–Crippen LogP) is 8.47. The topological polar surface area (TPSA) is 37.3 Å². The molecule has 0 fully saturated rings. The maximum absolute atomic E-state index is 10.4. The van der Waals surface area contributed by atoms with E-state index in [0.29, 0.717) is 6.42 Å². The zero-order valence-corrected chi connectivity index (χ0v) is 17.7. The van der Waals surface area contributed by atoms with E-state index in [2.05, 4.69) is 32.2 Å². The Bertz CT molecular complexity index is 297. The van der Waals surface area contributed by atoms with Gasteiger partial charge in [-0.3, -0.25) is 4.79 Å². The molecule has 2 nitrogen and oxygen atoms in total. The van der Waals surface area contributed by atoms with Gasteiger partial charge >= 0.3 is 5.97 Å². The first-order chi connectivity index (χ1) is 12.8. The van der Waals surface area contributed by atoms with E-state index in [1.807, 2.05) is 0 Å². The fourth-order valence-corrected chi connectivity index (χ4v) is 3.05. The van der Waals surface area contributed by atoms with Crippen molar-refractivity contribution in [2.24, 2.45) is 0 Å². The lowest BCUT2D eigenvalue weighted by molar-refractivity contribution is -0.137. The van der Waals surface area contributed by atoms with E-state index < -0.39 is 5.97 Å². The van der Waals surface area contributed by atoms with Gasteiger partial charge in [-0.1, -0.05) is 96.1 Å². The van der Waals surface area contributed by atoms with Crippen LogP contribution in [0.15, 0.2) is 25.3 Å². The SMILES string of the molecule is C=C.CCCCCCCC/C=C\CCCCCCCCCCCC(=O)O. The average molecular weight is 367 g/mol. The van der Waals surface area contributed by atoms with Crippen LogP contribution in [0, 0.1) is 0 Å². The van der Waals surface area contributed by atoms with Gasteiger partial charge in [-0.2, -0.15) is 0 Å². The molecule has 0 aromatic rings. The van der Waals surface area contributed by atoms with Crippen LogP contribution in [0.5, 0.6) is 0 Å². The van der Waals surface area contributed by atoms with Gasteiger partial charge in [-0.15, -0.1) is 13.2 Å². The van der Waals surface area contributed by atoms with Gasteiger partial charge in [0.15, 0.2) is 0 Å². The Balaban J connectivity index is 0. The molecule has 2 heteroatoms. The molecule has 0 rings (SSSR count). The second kappa shape index (κ2) is 26.2. The number of hydrogen-bond acceptors (Lipinski definition) is 1. The first-order valence-corrected chi connectivity index (χ1v) is 11.1. The van der Waals surface area contributed by atoms with Crippen molar-refractivity contribution in [2.45, 2.75) is 122 Å². The molecule has 0 aromatic heterocycles. The largest absolute Gasteiger partial charge is 0.481 e. The van der Waals surface area contributed by atoms with Crippen molar-refractivity contribution in [1.29, 1.82) is 0 Å². The summed E-state index contributed by atoms with van der Waals surface area (Å²) in [7, 11) is 0. The normalized spacial score (nSPS) is 10.7. The molecule has 0 radical (unpaired) electrons. The molecular weight excluding hydrogens is 320 g/mol. The predicted molar refractivity (Wildman–Crippen MR) is 117 cm³/mol. The molecular formula is C24H46O2. The molecule has 0 aromatic carbocycles. The number of carboxylic acid groups (broad SMARTS) is 1. The smallest absolute Gasteiger partial charge is 0.303 e. The van der Waals surface area contributed by atoms with Crippen LogP contribution in [0.1, 0.15) is 122 Å². The van der Waals surface area contributed by atoms with Gasteiger partial charge < -0.3 is 5.11 Å². The Morgan fingerprint density at radius 1 is 0.654 bits per heavy atom. The van der Waals surface area contributed by atoms with E-state index in [0.717, 1.165) is 12.8 Å². The second-order valence-corrected chi connectivity index (χ2v) is 7.14. The molecule has 0 bridgehead atoms. The molecule has 0 spiro atoms. The third-order valence-corrected chi connectivity index (χ3v) is 4.65. The maximum Gasteiger partial charge on any atom is 0.303 e. The Morgan fingerprint density at radius 2 is 1.00 bits per heavy atom. The third-order valence-electron chi connectivity index (χ3n) is 4.65. The molecule has 0 unspecified atom stereocenters. The number of allylic oxidation sites excluding steroid dienone is 2. The number of carboxylic acids is 1. The summed E-state index contributed by atoms with van der Waals surface area (Å²) in [5.41, 5.74) is 0. The van der Waals surface area contributed by atoms with Crippen LogP contribution in [0.2, 0.25) is 0 Å². The average Bonchev–Trinajstić information content (AvgIpc) is 2.65. The lowest BCUT2D eigenvalue weighted by atomic mass is 10.1. The Hall–Kier alpha value is -1.05. The van der Waals surface area contributed by atoms with Crippen molar-refractivity contribution in [1.82, 2.24) is 0 Å². The highest BCUT2D eigenvalue weighted by Gasteiger charge is 1.96. The molecule has 0 atom stereocenters. The van der Waals surface area contributed by atoms with Crippen molar-refractivity contribution >= 4 is 5.97 Å². The van der Waals surface area contributed by atoms with Crippen LogP contribution >= 0.6 is 0 Å². The standard InChI is InChI=1S/C22H42O2.C2H4/c1-2-3-4-5-6-7-8-9-10-11-12-13-14-15-16-17-18-19-20-21-22(23)24;1-2/h9-10H,2-8,11-21H2,1H3,(H,23,24);1-2H2/b10-9-;. The molecule has 1 N–H and O–H groups in total. The van der Waals surface area contributed by atoms with Gasteiger partial charge in [0.05, 0.1) is 0 Å². The fourth-order valence-electron chi connectivity index (χ4n) is 3.05. The van der Waals surface area contributed by atoms with Crippen molar-refractivity contribution in [3.05, 3.63) is 25.3 Å². The number of aliphatic carboxylic acids is 1. The van der Waals surface area contributed by atoms with Gasteiger partial charge in [0.25, 0.3) is 0 Å². The second-order valence-electron chi connectivity index (χ2n) is 7.14. The van der Waals surface area contributed by atoms with Crippen LogP contribution in [-0.4, -0.2) is 11.1 Å². The summed E-state index contributed by atoms with van der Waals surface area (Å²) in [4.78, 5) is 10.4. The summed E-state index contributed by atoms with van der Waals surface area (Å²) in [6, 6.07) is 0. The minimum atomic E-state index is -0.656. The number of carbonyl (C=O) groups is 1. The molecule has 0 saturated heterocycles. The van der Waals surface area contributed by atoms with Crippen molar-refractivity contribution < 1.29 is 9.90 Å². The summed E-state index contributed by atoms with van der Waals surface area (Å²) in [5.74, 6) is -0.656. The maximum atomic E-state index is 10.4. The first-order valence-electron chi connectivity index (χ1n) is 11.1. The molecule has 0 aliphatic carbocycles. The minimum Gasteiger partial charge on any atom is -0.481 e. The number of unbranched alkanes of at least 4 members (excludes halogenated alkanes) is 15. The summed E-state index contributed by atoms with van der Waals surface area (Å²) < 4.78 is 0. The molecule has 0 aliphatic rings. The summed E-state index contributed by atoms with van der Waals surface area (Å²) in [5, 5.41) is 8.55. The summed E-state index contributed by atoms with van der Waals surface area (Å²) in [6.45, 7) is 8.27. The molecule has 0 amide bonds. The van der Waals surface area contributed by atoms with Crippen LogP contribution < -0.4 is 0 Å². The Kier molecular flexibility index (Phi) is 27.4. The van der Waals surface area contributed by atoms with Gasteiger partial charge in [-0.05, 0) is 32.1 Å². The molecule has 0 heterocycles. The van der Waals surface area contributed by atoms with E-state index in [1.165, 1.54) is 96.3 Å². The fraction of sp³-hybridized carbons (Fsp3) is 0.792. The van der Waals surface area contributed by atoms with Gasteiger partial charge in [0, 0.05) is 6.42 Å². The highest BCUT2D eigenvalue weighted by Crippen LogP contribution is 2.12. The van der Waals surface area contributed by atoms with Crippen LogP contribution in [0.3, 0.4) is 0 Å². The Morgan fingerprint density at radius 3 is 1.38 bits per heavy atom.